The molecule has 1 aliphatic rings. The van der Waals surface area contributed by atoms with Crippen molar-refractivity contribution < 1.29 is 8.78 Å². The van der Waals surface area contributed by atoms with Crippen LogP contribution in [0.3, 0.4) is 0 Å². The number of halogens is 3. The fourth-order valence-corrected chi connectivity index (χ4v) is 1.81. The fraction of sp³-hybridized carbons (Fsp3) is 1.00. The molecule has 0 aromatic rings. The average molecular weight is 213 g/mol. The van der Waals surface area contributed by atoms with Crippen molar-refractivity contribution in [2.75, 3.05) is 0 Å². The molecule has 0 aliphatic heterocycles. The third-order valence-electron chi connectivity index (χ3n) is 2.09. The summed E-state index contributed by atoms with van der Waals surface area (Å²) in [6, 6.07) is 0. The van der Waals surface area contributed by atoms with Crippen molar-refractivity contribution in [3.05, 3.63) is 0 Å². The Labute approximate surface area is 68.1 Å². The van der Waals surface area contributed by atoms with Crippen LogP contribution in [0.4, 0.5) is 8.78 Å². The first-order valence-electron chi connectivity index (χ1n) is 3.55. The first kappa shape index (κ1) is 8.44. The molecule has 60 valence electrons. The Kier molecular flexibility index (Phi) is 2.67. The highest BCUT2D eigenvalue weighted by atomic mass is 79.9. The van der Waals surface area contributed by atoms with Gasteiger partial charge in [0.05, 0.1) is 0 Å². The van der Waals surface area contributed by atoms with Crippen molar-refractivity contribution in [3.8, 4) is 0 Å². The summed E-state index contributed by atoms with van der Waals surface area (Å²) in [7, 11) is 0. The molecule has 1 saturated carbocycles. The van der Waals surface area contributed by atoms with E-state index in [0.717, 1.165) is 12.8 Å². The normalized spacial score (nSPS) is 49.2. The van der Waals surface area contributed by atoms with Crippen molar-refractivity contribution in [1.29, 1.82) is 0 Å². The van der Waals surface area contributed by atoms with E-state index >= 15 is 0 Å². The lowest BCUT2D eigenvalue weighted by atomic mass is 9.88. The number of hydrogen-bond acceptors (Lipinski definition) is 0. The van der Waals surface area contributed by atoms with Crippen LogP contribution in [0.5, 0.6) is 0 Å². The molecule has 0 nitrogen and oxygen atoms in total. The summed E-state index contributed by atoms with van der Waals surface area (Å²) >= 11 is 3.11. The van der Waals surface area contributed by atoms with Gasteiger partial charge in [-0.2, -0.15) is 0 Å². The quantitative estimate of drug-likeness (QED) is 0.542. The Morgan fingerprint density at radius 2 is 1.80 bits per heavy atom. The summed E-state index contributed by atoms with van der Waals surface area (Å²) in [5.41, 5.74) is 0. The summed E-state index contributed by atoms with van der Waals surface area (Å²) in [5, 5.41) is 0. The van der Waals surface area contributed by atoms with E-state index < -0.39 is 12.3 Å². The van der Waals surface area contributed by atoms with Crippen molar-refractivity contribution in [2.45, 2.75) is 36.9 Å². The van der Waals surface area contributed by atoms with Crippen LogP contribution in [0.2, 0.25) is 0 Å². The molecule has 0 bridgehead atoms. The van der Waals surface area contributed by atoms with E-state index in [4.69, 9.17) is 0 Å². The van der Waals surface area contributed by atoms with Gasteiger partial charge in [0, 0.05) is 4.83 Å². The second-order valence-corrected chi connectivity index (χ2v) is 4.14. The highest BCUT2D eigenvalue weighted by Crippen LogP contribution is 2.33. The molecule has 0 N–H and O–H groups in total. The molecule has 4 atom stereocenters. The van der Waals surface area contributed by atoms with Gasteiger partial charge in [0.1, 0.15) is 12.3 Å². The summed E-state index contributed by atoms with van der Waals surface area (Å²) in [5.74, 6) is -0.108. The van der Waals surface area contributed by atoms with Crippen molar-refractivity contribution in [1.82, 2.24) is 0 Å². The van der Waals surface area contributed by atoms with Gasteiger partial charge in [-0.05, 0) is 18.8 Å². The minimum absolute atomic E-state index is 0.108. The van der Waals surface area contributed by atoms with Gasteiger partial charge >= 0.3 is 0 Å². The van der Waals surface area contributed by atoms with E-state index in [-0.39, 0.29) is 10.7 Å². The van der Waals surface area contributed by atoms with Crippen LogP contribution in [0, 0.1) is 5.92 Å². The van der Waals surface area contributed by atoms with Gasteiger partial charge in [-0.25, -0.2) is 8.78 Å². The smallest absolute Gasteiger partial charge is 0.144 e. The topological polar surface area (TPSA) is 0 Å². The monoisotopic (exact) mass is 212 g/mol. The first-order chi connectivity index (χ1) is 4.63. The molecule has 3 heteroatoms. The zero-order valence-electron chi connectivity index (χ0n) is 5.86. The van der Waals surface area contributed by atoms with Crippen LogP contribution < -0.4 is 0 Å². The maximum absolute atomic E-state index is 12.8. The molecule has 0 aromatic carbocycles. The molecule has 0 amide bonds. The Morgan fingerprint density at radius 1 is 1.20 bits per heavy atom. The first-order valence-corrected chi connectivity index (χ1v) is 4.46. The summed E-state index contributed by atoms with van der Waals surface area (Å²) in [6.07, 6.45) is -1.03. The van der Waals surface area contributed by atoms with Gasteiger partial charge in [-0.15, -0.1) is 0 Å². The van der Waals surface area contributed by atoms with Gasteiger partial charge in [-0.3, -0.25) is 0 Å². The molecule has 0 aromatic heterocycles. The molecule has 4 unspecified atom stereocenters. The fourth-order valence-electron chi connectivity index (χ4n) is 1.25. The maximum Gasteiger partial charge on any atom is 0.144 e. The maximum atomic E-state index is 12.8. The predicted molar refractivity (Wildman–Crippen MR) is 40.9 cm³/mol. The second kappa shape index (κ2) is 3.16. The van der Waals surface area contributed by atoms with E-state index in [1.54, 1.807) is 6.92 Å². The molecule has 0 spiro atoms. The SMILES string of the molecule is CC1CCC(Br)C(F)C1F. The van der Waals surface area contributed by atoms with E-state index in [1.807, 2.05) is 0 Å². The minimum Gasteiger partial charge on any atom is -0.244 e. The van der Waals surface area contributed by atoms with E-state index in [9.17, 15) is 8.78 Å². The molecule has 0 radical (unpaired) electrons. The van der Waals surface area contributed by atoms with E-state index in [2.05, 4.69) is 15.9 Å². The third-order valence-corrected chi connectivity index (χ3v) is 3.05. The molecule has 0 saturated heterocycles. The molecule has 10 heavy (non-hydrogen) atoms. The third kappa shape index (κ3) is 1.49. The Bertz CT molecular complexity index is 104. The minimum atomic E-state index is -1.30. The number of hydrogen-bond donors (Lipinski definition) is 0. The molecule has 1 fully saturated rings. The van der Waals surface area contributed by atoms with Crippen LogP contribution in [-0.2, 0) is 0 Å². The number of rotatable bonds is 0. The predicted octanol–water partition coefficient (Wildman–Crippen LogP) is 2.86. The Morgan fingerprint density at radius 3 is 2.30 bits per heavy atom. The molecular formula is C7H11BrF2. The lowest BCUT2D eigenvalue weighted by Crippen LogP contribution is -2.37. The van der Waals surface area contributed by atoms with Crippen LogP contribution in [0.25, 0.3) is 0 Å². The van der Waals surface area contributed by atoms with Crippen molar-refractivity contribution >= 4 is 15.9 Å². The Balaban J connectivity index is 2.52. The number of alkyl halides is 3. The largest absolute Gasteiger partial charge is 0.244 e. The van der Waals surface area contributed by atoms with Gasteiger partial charge in [0.25, 0.3) is 0 Å². The summed E-state index contributed by atoms with van der Waals surface area (Å²) in [6.45, 7) is 1.76. The van der Waals surface area contributed by atoms with Gasteiger partial charge < -0.3 is 0 Å². The lowest BCUT2D eigenvalue weighted by molar-refractivity contribution is 0.0819. The zero-order valence-corrected chi connectivity index (χ0v) is 7.44. The summed E-state index contributed by atoms with van der Waals surface area (Å²) in [4.78, 5) is -0.265. The standard InChI is InChI=1S/C7H11BrF2/c1-4-2-3-5(8)7(10)6(4)9/h4-7H,2-3H2,1H3. The van der Waals surface area contributed by atoms with Crippen LogP contribution in [-0.4, -0.2) is 17.2 Å². The van der Waals surface area contributed by atoms with Gasteiger partial charge in [0.15, 0.2) is 0 Å². The average Bonchev–Trinajstić information content (AvgIpc) is 1.93. The summed E-state index contributed by atoms with van der Waals surface area (Å²) < 4.78 is 25.6. The van der Waals surface area contributed by atoms with Crippen LogP contribution in [0.1, 0.15) is 19.8 Å². The van der Waals surface area contributed by atoms with E-state index in [1.165, 1.54) is 0 Å². The van der Waals surface area contributed by atoms with Crippen molar-refractivity contribution in [3.63, 3.8) is 0 Å². The lowest BCUT2D eigenvalue weighted by Gasteiger charge is -2.29. The molecule has 1 rings (SSSR count). The molecular weight excluding hydrogens is 202 g/mol. The highest BCUT2D eigenvalue weighted by Gasteiger charge is 2.36. The van der Waals surface area contributed by atoms with E-state index in [0.29, 0.717) is 0 Å². The van der Waals surface area contributed by atoms with Crippen molar-refractivity contribution in [2.24, 2.45) is 5.92 Å². The molecule has 0 heterocycles. The van der Waals surface area contributed by atoms with Gasteiger partial charge in [0.2, 0.25) is 0 Å². The van der Waals surface area contributed by atoms with Gasteiger partial charge in [-0.1, -0.05) is 22.9 Å². The van der Waals surface area contributed by atoms with Crippen LogP contribution >= 0.6 is 15.9 Å². The molecule has 1 aliphatic carbocycles. The second-order valence-electron chi connectivity index (χ2n) is 2.96. The van der Waals surface area contributed by atoms with Crippen LogP contribution in [0.15, 0.2) is 0 Å². The Hall–Kier alpha value is 0.340. The highest BCUT2D eigenvalue weighted by molar-refractivity contribution is 9.09. The zero-order chi connectivity index (χ0) is 7.72.